The molecule has 1 atom stereocenters. The van der Waals surface area contributed by atoms with E-state index in [4.69, 9.17) is 4.74 Å². The molecule has 1 N–H and O–H groups in total. The van der Waals surface area contributed by atoms with Crippen molar-refractivity contribution in [3.8, 4) is 5.75 Å². The molecule has 0 aliphatic heterocycles. The molecule has 6 nitrogen and oxygen atoms in total. The predicted molar refractivity (Wildman–Crippen MR) is 148 cm³/mol. The second-order valence-corrected chi connectivity index (χ2v) is 11.4. The first kappa shape index (κ1) is 27.6. The summed E-state index contributed by atoms with van der Waals surface area (Å²) in [5.74, 6) is 0.240. The summed E-state index contributed by atoms with van der Waals surface area (Å²) in [6.45, 7) is 10.0. The molecule has 0 aromatic heterocycles. The summed E-state index contributed by atoms with van der Waals surface area (Å²) in [6.07, 6.45) is 1.93. The molecule has 8 heteroatoms. The predicted octanol–water partition coefficient (Wildman–Crippen LogP) is 5.81. The number of thioether (sulfide) groups is 1. The molecule has 3 aromatic rings. The first-order chi connectivity index (χ1) is 17.1. The van der Waals surface area contributed by atoms with Crippen LogP contribution in [0, 0.1) is 20.8 Å². The summed E-state index contributed by atoms with van der Waals surface area (Å²) in [6, 6.07) is 17.3. The van der Waals surface area contributed by atoms with E-state index in [1.54, 1.807) is 48.5 Å². The Labute approximate surface area is 219 Å². The van der Waals surface area contributed by atoms with E-state index in [1.807, 2.05) is 34.0 Å². The number of carbonyl (C=O) groups excluding carboxylic acids is 1. The largest absolute Gasteiger partial charge is 0.494 e. The van der Waals surface area contributed by atoms with Crippen molar-refractivity contribution in [1.82, 2.24) is 5.32 Å². The molecule has 0 saturated heterocycles. The number of anilines is 1. The number of hydrogen-bond acceptors (Lipinski definition) is 5. The molecule has 1 amide bonds. The minimum atomic E-state index is -4.00. The van der Waals surface area contributed by atoms with Crippen LogP contribution in [0.1, 0.15) is 42.1 Å². The van der Waals surface area contributed by atoms with Crippen molar-refractivity contribution >= 4 is 33.4 Å². The van der Waals surface area contributed by atoms with Crippen molar-refractivity contribution in [2.45, 2.75) is 50.5 Å². The van der Waals surface area contributed by atoms with Gasteiger partial charge in [-0.3, -0.25) is 9.10 Å². The minimum absolute atomic E-state index is 0.125. The Bertz CT molecular complexity index is 1300. The van der Waals surface area contributed by atoms with Crippen LogP contribution in [0.2, 0.25) is 0 Å². The first-order valence-electron chi connectivity index (χ1n) is 11.8. The van der Waals surface area contributed by atoms with E-state index in [1.165, 1.54) is 17.3 Å². The summed E-state index contributed by atoms with van der Waals surface area (Å²) in [5.41, 5.74) is 4.81. The molecule has 36 heavy (non-hydrogen) atoms. The number of hydrogen-bond donors (Lipinski definition) is 1. The van der Waals surface area contributed by atoms with Gasteiger partial charge in [0.2, 0.25) is 5.91 Å². The van der Waals surface area contributed by atoms with Crippen molar-refractivity contribution < 1.29 is 17.9 Å². The maximum absolute atomic E-state index is 13.7. The second-order valence-electron chi connectivity index (χ2n) is 8.70. The van der Waals surface area contributed by atoms with Gasteiger partial charge in [-0.2, -0.15) is 0 Å². The highest BCUT2D eigenvalue weighted by molar-refractivity contribution is 7.98. The zero-order valence-electron chi connectivity index (χ0n) is 21.7. The second kappa shape index (κ2) is 11.8. The highest BCUT2D eigenvalue weighted by atomic mass is 32.2. The number of benzene rings is 3. The number of nitrogens with zero attached hydrogens (tertiary/aromatic N) is 1. The van der Waals surface area contributed by atoms with Gasteiger partial charge in [0.1, 0.15) is 12.3 Å². The molecule has 0 fully saturated rings. The van der Waals surface area contributed by atoms with E-state index in [0.29, 0.717) is 18.0 Å². The van der Waals surface area contributed by atoms with Crippen LogP contribution in [0.15, 0.2) is 70.5 Å². The molecule has 0 radical (unpaired) electrons. The van der Waals surface area contributed by atoms with Crippen LogP contribution in [-0.2, 0) is 14.8 Å². The monoisotopic (exact) mass is 526 g/mol. The normalized spacial score (nSPS) is 12.2. The van der Waals surface area contributed by atoms with Gasteiger partial charge in [0.15, 0.2) is 0 Å². The van der Waals surface area contributed by atoms with E-state index in [9.17, 15) is 13.2 Å². The molecule has 0 bridgehead atoms. The standard InChI is InChI=1S/C28H34N2O4S2/c1-7-34-24-10-8-23(9-11-24)30(36(32,33)26-14-12-25(35-6)13-15-26)18-28(31)29-22(5)27-17-20(3)19(2)16-21(27)4/h8-17,22H,7,18H2,1-6H3,(H,29,31). The molecule has 0 heterocycles. The number of sulfonamides is 1. The maximum atomic E-state index is 13.7. The van der Waals surface area contributed by atoms with Crippen LogP contribution in [-0.4, -0.2) is 33.7 Å². The van der Waals surface area contributed by atoms with Gasteiger partial charge < -0.3 is 10.1 Å². The molecular formula is C28H34N2O4S2. The molecule has 0 spiro atoms. The van der Waals surface area contributed by atoms with Crippen LogP contribution in [0.25, 0.3) is 0 Å². The number of amides is 1. The molecule has 3 rings (SSSR count). The third-order valence-electron chi connectivity index (χ3n) is 6.10. The van der Waals surface area contributed by atoms with Gasteiger partial charge in [0, 0.05) is 4.90 Å². The molecule has 0 aliphatic carbocycles. The fourth-order valence-electron chi connectivity index (χ4n) is 4.01. The van der Waals surface area contributed by atoms with E-state index >= 15 is 0 Å². The topological polar surface area (TPSA) is 75.7 Å². The third kappa shape index (κ3) is 6.42. The molecule has 0 saturated carbocycles. The minimum Gasteiger partial charge on any atom is -0.494 e. The van der Waals surface area contributed by atoms with Crippen molar-refractivity contribution in [2.75, 3.05) is 23.7 Å². The lowest BCUT2D eigenvalue weighted by atomic mass is 9.96. The molecule has 3 aromatic carbocycles. The Morgan fingerprint density at radius 3 is 2.17 bits per heavy atom. The van der Waals surface area contributed by atoms with Crippen molar-refractivity contribution in [3.05, 3.63) is 82.9 Å². The Balaban J connectivity index is 1.91. The zero-order valence-corrected chi connectivity index (χ0v) is 23.3. The van der Waals surface area contributed by atoms with Crippen molar-refractivity contribution in [2.24, 2.45) is 0 Å². The van der Waals surface area contributed by atoms with Gasteiger partial charge in [-0.25, -0.2) is 8.42 Å². The third-order valence-corrected chi connectivity index (χ3v) is 8.63. The number of carbonyl (C=O) groups is 1. The number of ether oxygens (including phenoxy) is 1. The van der Waals surface area contributed by atoms with Crippen LogP contribution in [0.5, 0.6) is 5.75 Å². The summed E-state index contributed by atoms with van der Waals surface area (Å²) in [5, 5.41) is 2.98. The number of aryl methyl sites for hydroxylation is 3. The van der Waals surface area contributed by atoms with Gasteiger partial charge in [-0.1, -0.05) is 12.1 Å². The average Bonchev–Trinajstić information content (AvgIpc) is 2.85. The molecule has 192 valence electrons. The van der Waals surface area contributed by atoms with Gasteiger partial charge in [-0.05, 0) is 112 Å². The summed E-state index contributed by atoms with van der Waals surface area (Å²) in [4.78, 5) is 14.3. The molecule has 1 unspecified atom stereocenters. The van der Waals surface area contributed by atoms with E-state index < -0.39 is 15.9 Å². The van der Waals surface area contributed by atoms with Crippen molar-refractivity contribution in [3.63, 3.8) is 0 Å². The van der Waals surface area contributed by atoms with Gasteiger partial charge in [-0.15, -0.1) is 11.8 Å². The Kier molecular flexibility index (Phi) is 9.08. The quantitative estimate of drug-likeness (QED) is 0.338. The summed E-state index contributed by atoms with van der Waals surface area (Å²) in [7, 11) is -4.00. The smallest absolute Gasteiger partial charge is 0.264 e. The highest BCUT2D eigenvalue weighted by Crippen LogP contribution is 2.28. The lowest BCUT2D eigenvalue weighted by molar-refractivity contribution is -0.120. The number of rotatable bonds is 10. The van der Waals surface area contributed by atoms with Crippen LogP contribution in [0.3, 0.4) is 0 Å². The SMILES string of the molecule is CCOc1ccc(N(CC(=O)NC(C)c2cc(C)c(C)cc2C)S(=O)(=O)c2ccc(SC)cc2)cc1. The van der Waals surface area contributed by atoms with Gasteiger partial charge in [0.05, 0.1) is 23.2 Å². The molecular weight excluding hydrogens is 492 g/mol. The Morgan fingerprint density at radius 2 is 1.58 bits per heavy atom. The van der Waals surface area contributed by atoms with Crippen LogP contribution >= 0.6 is 11.8 Å². The van der Waals surface area contributed by atoms with E-state index in [-0.39, 0.29) is 17.5 Å². The zero-order chi connectivity index (χ0) is 26.5. The van der Waals surface area contributed by atoms with Crippen LogP contribution in [0.4, 0.5) is 5.69 Å². The van der Waals surface area contributed by atoms with Gasteiger partial charge in [0.25, 0.3) is 10.0 Å². The fourth-order valence-corrected chi connectivity index (χ4v) is 5.84. The Morgan fingerprint density at radius 1 is 0.972 bits per heavy atom. The summed E-state index contributed by atoms with van der Waals surface area (Å²) < 4.78 is 34.0. The number of nitrogens with one attached hydrogen (secondary N) is 1. The van der Waals surface area contributed by atoms with Gasteiger partial charge >= 0.3 is 0 Å². The van der Waals surface area contributed by atoms with E-state index in [0.717, 1.165) is 25.9 Å². The van der Waals surface area contributed by atoms with Crippen molar-refractivity contribution in [1.29, 1.82) is 0 Å². The fraction of sp³-hybridized carbons (Fsp3) is 0.321. The van der Waals surface area contributed by atoms with E-state index in [2.05, 4.69) is 24.4 Å². The lowest BCUT2D eigenvalue weighted by Crippen LogP contribution is -2.41. The highest BCUT2D eigenvalue weighted by Gasteiger charge is 2.28. The first-order valence-corrected chi connectivity index (χ1v) is 14.5. The Hall–Kier alpha value is -2.97. The summed E-state index contributed by atoms with van der Waals surface area (Å²) >= 11 is 1.53. The average molecular weight is 527 g/mol. The maximum Gasteiger partial charge on any atom is 0.264 e. The lowest BCUT2D eigenvalue weighted by Gasteiger charge is -2.26. The van der Waals surface area contributed by atoms with Crippen LogP contribution < -0.4 is 14.4 Å². The molecule has 0 aliphatic rings.